The van der Waals surface area contributed by atoms with E-state index < -0.39 is 20.6 Å². The van der Waals surface area contributed by atoms with Gasteiger partial charge in [-0.3, -0.25) is 10.1 Å². The third-order valence-corrected chi connectivity index (χ3v) is 8.50. The lowest BCUT2D eigenvalue weighted by atomic mass is 10.2. The number of azo groups is 1. The van der Waals surface area contributed by atoms with E-state index in [0.29, 0.717) is 15.9 Å². The highest BCUT2D eigenvalue weighted by atomic mass is 35.5. The van der Waals surface area contributed by atoms with Crippen LogP contribution in [0.4, 0.5) is 17.1 Å². The van der Waals surface area contributed by atoms with Crippen molar-refractivity contribution < 1.29 is 23.2 Å². The van der Waals surface area contributed by atoms with E-state index in [2.05, 4.69) is 10.2 Å². The number of ether oxygens (including phenoxy) is 1. The number of nitro benzene ring substituents is 1. The first kappa shape index (κ1) is 25.8. The molecule has 0 saturated carbocycles. The van der Waals surface area contributed by atoms with Crippen molar-refractivity contribution in [2.75, 3.05) is 26.3 Å². The average molecular weight is 556 g/mol. The summed E-state index contributed by atoms with van der Waals surface area (Å²) in [5, 5.41) is 32.0. The van der Waals surface area contributed by atoms with Gasteiger partial charge in [-0.15, -0.1) is 10.2 Å². The Kier molecular flexibility index (Phi) is 7.13. The quantitative estimate of drug-likeness (QED) is 0.184. The highest BCUT2D eigenvalue weighted by Gasteiger charge is 2.30. The second-order valence-corrected chi connectivity index (χ2v) is 10.8. The zero-order valence-corrected chi connectivity index (χ0v) is 21.5. The number of halogens is 1. The number of aromatic nitrogens is 1. The van der Waals surface area contributed by atoms with Gasteiger partial charge in [-0.25, -0.2) is 8.42 Å². The van der Waals surface area contributed by atoms with Gasteiger partial charge in [-0.2, -0.15) is 4.31 Å². The lowest BCUT2D eigenvalue weighted by Crippen LogP contribution is -2.40. The highest BCUT2D eigenvalue weighted by molar-refractivity contribution is 7.89. The molecule has 0 amide bonds. The Morgan fingerprint density at radius 2 is 1.74 bits per heavy atom. The van der Waals surface area contributed by atoms with Crippen molar-refractivity contribution in [1.82, 2.24) is 8.87 Å². The standard InChI is InChI=1S/C25H22ClN5O6S/c26-20-7-3-1-5-17(20)16-30-22-8-4-2-6-19(22)24(25(30)32)28-27-21-10-9-18(31(33)34)15-23(21)38(35,36)29-11-13-37-14-12-29/h1-10,15,32H,11-14,16H2. The van der Waals surface area contributed by atoms with Gasteiger partial charge >= 0.3 is 0 Å². The SMILES string of the molecule is O=[N+]([O-])c1ccc(N=Nc2c(O)n(Cc3ccccc3Cl)c3ccccc23)c(S(=O)(=O)N2CCOCC2)c1. The molecule has 1 aliphatic heterocycles. The topological polar surface area (TPSA) is 140 Å². The van der Waals surface area contributed by atoms with Gasteiger partial charge in [0.15, 0.2) is 5.69 Å². The van der Waals surface area contributed by atoms with Crippen LogP contribution in [-0.4, -0.2) is 53.6 Å². The van der Waals surface area contributed by atoms with Crippen LogP contribution in [0, 0.1) is 10.1 Å². The first-order valence-corrected chi connectivity index (χ1v) is 13.4. The summed E-state index contributed by atoms with van der Waals surface area (Å²) in [5.74, 6) is -0.186. The number of rotatable bonds is 7. The number of sulfonamides is 1. The van der Waals surface area contributed by atoms with E-state index in [4.69, 9.17) is 16.3 Å². The molecule has 0 bridgehead atoms. The summed E-state index contributed by atoms with van der Waals surface area (Å²) in [6.45, 7) is 0.902. The van der Waals surface area contributed by atoms with Crippen LogP contribution < -0.4 is 0 Å². The molecule has 1 saturated heterocycles. The van der Waals surface area contributed by atoms with Crippen LogP contribution in [0.1, 0.15) is 5.56 Å². The first-order chi connectivity index (χ1) is 18.3. The minimum Gasteiger partial charge on any atom is -0.493 e. The molecule has 5 rings (SSSR count). The summed E-state index contributed by atoms with van der Waals surface area (Å²) in [6.07, 6.45) is 0. The molecule has 1 fully saturated rings. The van der Waals surface area contributed by atoms with Gasteiger partial charge in [0, 0.05) is 35.6 Å². The molecule has 0 aliphatic carbocycles. The maximum Gasteiger partial charge on any atom is 0.270 e. The van der Waals surface area contributed by atoms with Crippen LogP contribution in [0.15, 0.2) is 81.9 Å². The molecular weight excluding hydrogens is 534 g/mol. The van der Waals surface area contributed by atoms with Crippen molar-refractivity contribution in [3.05, 3.63) is 87.4 Å². The Bertz CT molecular complexity index is 1660. The normalized spacial score (nSPS) is 14.9. The van der Waals surface area contributed by atoms with E-state index in [0.717, 1.165) is 17.7 Å². The number of aromatic hydroxyl groups is 1. The number of nitrogens with zero attached hydrogens (tertiary/aromatic N) is 5. The predicted octanol–water partition coefficient (Wildman–Crippen LogP) is 5.39. The van der Waals surface area contributed by atoms with Gasteiger partial charge in [-0.05, 0) is 23.8 Å². The smallest absolute Gasteiger partial charge is 0.270 e. The molecule has 13 heteroatoms. The fraction of sp³-hybridized carbons (Fsp3) is 0.200. The van der Waals surface area contributed by atoms with E-state index in [1.165, 1.54) is 10.4 Å². The van der Waals surface area contributed by atoms with Crippen molar-refractivity contribution in [3.8, 4) is 5.88 Å². The molecule has 0 unspecified atom stereocenters. The fourth-order valence-electron chi connectivity index (χ4n) is 4.26. The molecule has 4 aromatic rings. The van der Waals surface area contributed by atoms with Crippen molar-refractivity contribution in [3.63, 3.8) is 0 Å². The van der Waals surface area contributed by atoms with Crippen LogP contribution in [0.2, 0.25) is 5.02 Å². The zero-order chi connectivity index (χ0) is 26.9. The number of nitro groups is 1. The van der Waals surface area contributed by atoms with E-state index in [1.807, 2.05) is 30.3 Å². The van der Waals surface area contributed by atoms with Crippen LogP contribution in [0.5, 0.6) is 5.88 Å². The Balaban J connectivity index is 1.60. The van der Waals surface area contributed by atoms with Gasteiger partial charge in [0.2, 0.25) is 15.9 Å². The van der Waals surface area contributed by atoms with Crippen molar-refractivity contribution in [2.45, 2.75) is 11.4 Å². The summed E-state index contributed by atoms with van der Waals surface area (Å²) in [5.41, 5.74) is 1.09. The molecule has 11 nitrogen and oxygen atoms in total. The fourth-order valence-corrected chi connectivity index (χ4v) is 6.01. The van der Waals surface area contributed by atoms with Crippen molar-refractivity contribution in [2.24, 2.45) is 10.2 Å². The summed E-state index contributed by atoms with van der Waals surface area (Å²) in [6, 6.07) is 17.8. The predicted molar refractivity (Wildman–Crippen MR) is 141 cm³/mol. The van der Waals surface area contributed by atoms with Gasteiger partial charge in [0.05, 0.1) is 30.2 Å². The Morgan fingerprint density at radius 3 is 2.47 bits per heavy atom. The Hall–Kier alpha value is -3.84. The number of hydrogen-bond acceptors (Lipinski definition) is 8. The maximum absolute atomic E-state index is 13.4. The molecule has 3 aromatic carbocycles. The van der Waals surface area contributed by atoms with Crippen LogP contribution >= 0.6 is 11.6 Å². The number of non-ortho nitro benzene ring substituents is 1. The number of morpholine rings is 1. The molecule has 1 aromatic heterocycles. The average Bonchev–Trinajstić information content (AvgIpc) is 3.19. The molecule has 2 heterocycles. The van der Waals surface area contributed by atoms with Crippen molar-refractivity contribution in [1.29, 1.82) is 0 Å². The van der Waals surface area contributed by atoms with Crippen LogP contribution in [0.25, 0.3) is 10.9 Å². The van der Waals surface area contributed by atoms with E-state index in [1.54, 1.807) is 22.8 Å². The zero-order valence-electron chi connectivity index (χ0n) is 19.9. The van der Waals surface area contributed by atoms with Gasteiger partial charge in [-0.1, -0.05) is 48.0 Å². The second-order valence-electron chi connectivity index (χ2n) is 8.49. The number of hydrogen-bond donors (Lipinski definition) is 1. The third kappa shape index (κ3) is 4.86. The second kappa shape index (κ2) is 10.5. The molecule has 1 N–H and O–H groups in total. The van der Waals surface area contributed by atoms with Gasteiger partial charge in [0.1, 0.15) is 10.6 Å². The maximum atomic E-state index is 13.4. The number of fused-ring (bicyclic) bond motifs is 1. The summed E-state index contributed by atoms with van der Waals surface area (Å²) in [7, 11) is -4.13. The minimum atomic E-state index is -4.13. The van der Waals surface area contributed by atoms with E-state index >= 15 is 0 Å². The number of benzene rings is 3. The van der Waals surface area contributed by atoms with Gasteiger partial charge < -0.3 is 14.4 Å². The molecule has 38 heavy (non-hydrogen) atoms. The first-order valence-electron chi connectivity index (χ1n) is 11.6. The molecule has 0 spiro atoms. The lowest BCUT2D eigenvalue weighted by molar-refractivity contribution is -0.385. The monoisotopic (exact) mass is 555 g/mol. The molecule has 0 atom stereocenters. The Morgan fingerprint density at radius 1 is 1.03 bits per heavy atom. The molecular formula is C25H22ClN5O6S. The summed E-state index contributed by atoms with van der Waals surface area (Å²) >= 11 is 6.33. The Labute approximate surface area is 222 Å². The van der Waals surface area contributed by atoms with E-state index in [-0.39, 0.29) is 55.0 Å². The highest BCUT2D eigenvalue weighted by Crippen LogP contribution is 2.41. The van der Waals surface area contributed by atoms with Gasteiger partial charge in [0.25, 0.3) is 5.69 Å². The minimum absolute atomic E-state index is 0.0931. The van der Waals surface area contributed by atoms with Crippen LogP contribution in [-0.2, 0) is 21.3 Å². The number of para-hydroxylation sites is 1. The lowest BCUT2D eigenvalue weighted by Gasteiger charge is -2.26. The molecule has 0 radical (unpaired) electrons. The van der Waals surface area contributed by atoms with Crippen LogP contribution in [0.3, 0.4) is 0 Å². The van der Waals surface area contributed by atoms with E-state index in [9.17, 15) is 23.6 Å². The summed E-state index contributed by atoms with van der Waals surface area (Å²) < 4.78 is 34.9. The molecule has 1 aliphatic rings. The summed E-state index contributed by atoms with van der Waals surface area (Å²) in [4.78, 5) is 10.4. The third-order valence-electron chi connectivity index (χ3n) is 6.20. The molecule has 196 valence electrons. The van der Waals surface area contributed by atoms with Crippen molar-refractivity contribution >= 4 is 49.6 Å². The largest absolute Gasteiger partial charge is 0.493 e.